The summed E-state index contributed by atoms with van der Waals surface area (Å²) in [5.74, 6) is 0.862. The first-order valence-corrected chi connectivity index (χ1v) is 6.37. The van der Waals surface area contributed by atoms with Crippen LogP contribution in [0.2, 0.25) is 0 Å². The molecular formula is C15H18N2O3. The van der Waals surface area contributed by atoms with Crippen LogP contribution < -0.4 is 5.32 Å². The Bertz CT molecular complexity index is 632. The third-order valence-electron chi connectivity index (χ3n) is 3.05. The van der Waals surface area contributed by atoms with Crippen LogP contribution in [0.5, 0.6) is 0 Å². The Labute approximate surface area is 118 Å². The molecule has 0 saturated heterocycles. The first-order valence-electron chi connectivity index (χ1n) is 6.37. The van der Waals surface area contributed by atoms with E-state index in [4.69, 9.17) is 9.15 Å². The van der Waals surface area contributed by atoms with Gasteiger partial charge in [-0.15, -0.1) is 0 Å². The number of rotatable bonds is 4. The number of furan rings is 1. The van der Waals surface area contributed by atoms with E-state index in [1.54, 1.807) is 13.0 Å². The molecule has 0 bridgehead atoms. The molecule has 2 rings (SSSR count). The number of aryl methyl sites for hydroxylation is 3. The summed E-state index contributed by atoms with van der Waals surface area (Å²) >= 11 is 0. The van der Waals surface area contributed by atoms with Crippen LogP contribution in [0.3, 0.4) is 0 Å². The zero-order valence-corrected chi connectivity index (χ0v) is 12.1. The quantitative estimate of drug-likeness (QED) is 0.868. The number of carbonyl (C=O) groups is 1. The van der Waals surface area contributed by atoms with E-state index in [0.717, 1.165) is 17.1 Å². The summed E-state index contributed by atoms with van der Waals surface area (Å²) in [6, 6.07) is 5.63. The smallest absolute Gasteiger partial charge is 0.341 e. The molecule has 5 heteroatoms. The van der Waals surface area contributed by atoms with Gasteiger partial charge in [0.2, 0.25) is 0 Å². The highest BCUT2D eigenvalue weighted by Crippen LogP contribution is 2.18. The number of esters is 1. The molecule has 2 aromatic heterocycles. The highest BCUT2D eigenvalue weighted by Gasteiger charge is 2.15. The van der Waals surface area contributed by atoms with Gasteiger partial charge in [-0.1, -0.05) is 0 Å². The van der Waals surface area contributed by atoms with Crippen molar-refractivity contribution in [2.75, 3.05) is 12.4 Å². The van der Waals surface area contributed by atoms with Gasteiger partial charge in [0, 0.05) is 5.69 Å². The summed E-state index contributed by atoms with van der Waals surface area (Å²) in [6.07, 6.45) is 0. The Morgan fingerprint density at radius 2 is 2.10 bits per heavy atom. The number of hydrogen-bond donors (Lipinski definition) is 1. The van der Waals surface area contributed by atoms with Gasteiger partial charge in [-0.25, -0.2) is 4.79 Å². The van der Waals surface area contributed by atoms with Gasteiger partial charge in [0.1, 0.15) is 17.1 Å². The average molecular weight is 274 g/mol. The SMILES string of the molecule is COC(=O)c1cc(CNc2ccc(C)nc2C)oc1C. The molecule has 0 aliphatic carbocycles. The lowest BCUT2D eigenvalue weighted by molar-refractivity contribution is 0.0599. The molecule has 0 amide bonds. The van der Waals surface area contributed by atoms with Crippen molar-refractivity contribution >= 4 is 11.7 Å². The van der Waals surface area contributed by atoms with E-state index in [1.165, 1.54) is 7.11 Å². The van der Waals surface area contributed by atoms with Gasteiger partial charge in [0.15, 0.2) is 0 Å². The van der Waals surface area contributed by atoms with Crippen LogP contribution in [0.1, 0.15) is 33.3 Å². The molecule has 20 heavy (non-hydrogen) atoms. The maximum atomic E-state index is 11.5. The van der Waals surface area contributed by atoms with Crippen molar-refractivity contribution in [3.63, 3.8) is 0 Å². The lowest BCUT2D eigenvalue weighted by Gasteiger charge is -2.07. The first kappa shape index (κ1) is 14.1. The third-order valence-corrected chi connectivity index (χ3v) is 3.05. The minimum Gasteiger partial charge on any atom is -0.465 e. The van der Waals surface area contributed by atoms with Crippen molar-refractivity contribution in [2.24, 2.45) is 0 Å². The fraction of sp³-hybridized carbons (Fsp3) is 0.333. The number of pyridine rings is 1. The van der Waals surface area contributed by atoms with Gasteiger partial charge in [-0.05, 0) is 39.0 Å². The molecule has 0 aliphatic heterocycles. The Morgan fingerprint density at radius 3 is 2.75 bits per heavy atom. The number of hydrogen-bond acceptors (Lipinski definition) is 5. The molecule has 2 aromatic rings. The van der Waals surface area contributed by atoms with Gasteiger partial charge in [0.05, 0.1) is 25.0 Å². The first-order chi connectivity index (χ1) is 9.51. The van der Waals surface area contributed by atoms with Gasteiger partial charge in [-0.3, -0.25) is 4.98 Å². The summed E-state index contributed by atoms with van der Waals surface area (Å²) in [7, 11) is 1.36. The van der Waals surface area contributed by atoms with E-state index in [0.29, 0.717) is 23.6 Å². The summed E-state index contributed by atoms with van der Waals surface area (Å²) in [4.78, 5) is 15.9. The highest BCUT2D eigenvalue weighted by molar-refractivity contribution is 5.90. The number of methoxy groups -OCH3 is 1. The fourth-order valence-corrected chi connectivity index (χ4v) is 2.00. The normalized spacial score (nSPS) is 10.4. The van der Waals surface area contributed by atoms with Gasteiger partial charge >= 0.3 is 5.97 Å². The van der Waals surface area contributed by atoms with Crippen molar-refractivity contribution in [3.05, 3.63) is 46.7 Å². The van der Waals surface area contributed by atoms with Crippen LogP contribution in [0.25, 0.3) is 0 Å². The minimum absolute atomic E-state index is 0.384. The number of aromatic nitrogens is 1. The van der Waals surface area contributed by atoms with E-state index in [-0.39, 0.29) is 5.97 Å². The zero-order valence-electron chi connectivity index (χ0n) is 12.1. The molecule has 0 atom stereocenters. The van der Waals surface area contributed by atoms with E-state index in [1.807, 2.05) is 26.0 Å². The predicted octanol–water partition coefficient (Wildman–Crippen LogP) is 3.00. The summed E-state index contributed by atoms with van der Waals surface area (Å²) in [6.45, 7) is 6.13. The molecule has 0 saturated carbocycles. The monoisotopic (exact) mass is 274 g/mol. The van der Waals surface area contributed by atoms with Crippen molar-refractivity contribution in [3.8, 4) is 0 Å². The maximum Gasteiger partial charge on any atom is 0.341 e. The van der Waals surface area contributed by atoms with Crippen LogP contribution in [-0.2, 0) is 11.3 Å². The molecule has 0 aromatic carbocycles. The number of anilines is 1. The summed E-state index contributed by atoms with van der Waals surface area (Å²) in [5.41, 5.74) is 3.32. The maximum absolute atomic E-state index is 11.5. The lowest BCUT2D eigenvalue weighted by Crippen LogP contribution is -2.02. The van der Waals surface area contributed by atoms with Crippen LogP contribution in [0.15, 0.2) is 22.6 Å². The van der Waals surface area contributed by atoms with E-state index in [9.17, 15) is 4.79 Å². The number of nitrogens with zero attached hydrogens (tertiary/aromatic N) is 1. The number of nitrogens with one attached hydrogen (secondary N) is 1. The zero-order chi connectivity index (χ0) is 14.7. The molecule has 5 nitrogen and oxygen atoms in total. The second-order valence-corrected chi connectivity index (χ2v) is 4.61. The Kier molecular flexibility index (Phi) is 4.08. The molecular weight excluding hydrogens is 256 g/mol. The van der Waals surface area contributed by atoms with Gasteiger partial charge in [0.25, 0.3) is 0 Å². The third kappa shape index (κ3) is 2.99. The molecule has 0 fully saturated rings. The molecule has 0 radical (unpaired) electrons. The highest BCUT2D eigenvalue weighted by atomic mass is 16.5. The molecule has 0 spiro atoms. The standard InChI is InChI=1S/C15H18N2O3/c1-9-5-6-14(10(2)17-9)16-8-12-7-13(11(3)20-12)15(18)19-4/h5-7,16H,8H2,1-4H3. The summed E-state index contributed by atoms with van der Waals surface area (Å²) in [5, 5.41) is 3.25. The average Bonchev–Trinajstić information content (AvgIpc) is 2.78. The minimum atomic E-state index is -0.384. The lowest BCUT2D eigenvalue weighted by atomic mass is 10.2. The van der Waals surface area contributed by atoms with Crippen molar-refractivity contribution in [2.45, 2.75) is 27.3 Å². The number of ether oxygens (including phenoxy) is 1. The second-order valence-electron chi connectivity index (χ2n) is 4.61. The summed E-state index contributed by atoms with van der Waals surface area (Å²) < 4.78 is 10.2. The Hall–Kier alpha value is -2.30. The van der Waals surface area contributed by atoms with Crippen LogP contribution in [0.4, 0.5) is 5.69 Å². The molecule has 0 unspecified atom stereocenters. The van der Waals surface area contributed by atoms with Gasteiger partial charge < -0.3 is 14.5 Å². The fourth-order valence-electron chi connectivity index (χ4n) is 2.00. The van der Waals surface area contributed by atoms with E-state index < -0.39 is 0 Å². The van der Waals surface area contributed by atoms with Crippen LogP contribution in [0, 0.1) is 20.8 Å². The Morgan fingerprint density at radius 1 is 1.35 bits per heavy atom. The van der Waals surface area contributed by atoms with Crippen LogP contribution >= 0.6 is 0 Å². The topological polar surface area (TPSA) is 64.4 Å². The molecule has 0 aliphatic rings. The van der Waals surface area contributed by atoms with Crippen molar-refractivity contribution in [1.29, 1.82) is 0 Å². The van der Waals surface area contributed by atoms with E-state index >= 15 is 0 Å². The number of carbonyl (C=O) groups excluding carboxylic acids is 1. The van der Waals surface area contributed by atoms with Crippen LogP contribution in [-0.4, -0.2) is 18.1 Å². The second kappa shape index (κ2) is 5.77. The van der Waals surface area contributed by atoms with Crippen molar-refractivity contribution < 1.29 is 13.9 Å². The largest absolute Gasteiger partial charge is 0.465 e. The Balaban J connectivity index is 2.09. The van der Waals surface area contributed by atoms with Gasteiger partial charge in [-0.2, -0.15) is 0 Å². The van der Waals surface area contributed by atoms with Crippen molar-refractivity contribution in [1.82, 2.24) is 4.98 Å². The predicted molar refractivity (Wildman–Crippen MR) is 75.8 cm³/mol. The molecule has 106 valence electrons. The molecule has 1 N–H and O–H groups in total. The van der Waals surface area contributed by atoms with E-state index in [2.05, 4.69) is 10.3 Å². The molecule has 2 heterocycles.